The Labute approximate surface area is 145 Å². The molecule has 4 N–H and O–H groups in total. The van der Waals surface area contributed by atoms with E-state index in [1.54, 1.807) is 12.1 Å². The van der Waals surface area contributed by atoms with Gasteiger partial charge < -0.3 is 10.1 Å². The van der Waals surface area contributed by atoms with Crippen LogP contribution >= 0.6 is 31.9 Å². The number of carbonyl (C=O) groups excluding carboxylic acids is 1. The first-order valence-electron chi connectivity index (χ1n) is 6.17. The Bertz CT molecular complexity index is 860. The van der Waals surface area contributed by atoms with E-state index in [-0.39, 0.29) is 17.9 Å². The molecule has 8 nitrogen and oxygen atoms in total. The van der Waals surface area contributed by atoms with Gasteiger partial charge in [-0.25, -0.2) is 10.2 Å². The first-order valence-corrected chi connectivity index (χ1v) is 7.76. The fourth-order valence-electron chi connectivity index (χ4n) is 1.69. The summed E-state index contributed by atoms with van der Waals surface area (Å²) in [5.74, 6) is -0.554. The first-order chi connectivity index (χ1) is 10.8. The minimum atomic E-state index is -0.687. The molecule has 0 fully saturated rings. The van der Waals surface area contributed by atoms with Crippen LogP contribution in [-0.2, 0) is 11.2 Å². The lowest BCUT2D eigenvalue weighted by Gasteiger charge is -2.03. The predicted octanol–water partition coefficient (Wildman–Crippen LogP) is 0.987. The summed E-state index contributed by atoms with van der Waals surface area (Å²) in [6.07, 6.45) is 1.05. The van der Waals surface area contributed by atoms with Crippen molar-refractivity contribution in [1.82, 2.24) is 15.4 Å². The van der Waals surface area contributed by atoms with Crippen molar-refractivity contribution >= 4 is 44.0 Å². The number of hydrogen-bond donors (Lipinski definition) is 4. The number of aromatic amines is 2. The number of rotatable bonds is 4. The van der Waals surface area contributed by atoms with Crippen molar-refractivity contribution in [3.63, 3.8) is 0 Å². The molecule has 0 saturated heterocycles. The van der Waals surface area contributed by atoms with Crippen LogP contribution < -0.4 is 16.7 Å². The molecule has 0 bridgehead atoms. The minimum Gasteiger partial charge on any atom is -0.506 e. The number of phenolic OH excluding ortho intramolecular Hbond substituents is 1. The number of aromatic hydroxyl groups is 1. The Morgan fingerprint density at radius 1 is 1.26 bits per heavy atom. The summed E-state index contributed by atoms with van der Waals surface area (Å²) in [5, 5.41) is 13.6. The molecule has 0 radical (unpaired) electrons. The van der Waals surface area contributed by atoms with Crippen molar-refractivity contribution in [3.8, 4) is 5.75 Å². The molecule has 10 heteroatoms. The number of phenols is 1. The predicted molar refractivity (Wildman–Crippen MR) is 90.6 cm³/mol. The Balaban J connectivity index is 2.04. The van der Waals surface area contributed by atoms with Gasteiger partial charge in [-0.2, -0.15) is 5.10 Å². The van der Waals surface area contributed by atoms with Crippen molar-refractivity contribution in [1.29, 1.82) is 0 Å². The highest BCUT2D eigenvalue weighted by Crippen LogP contribution is 2.30. The van der Waals surface area contributed by atoms with Crippen LogP contribution in [0.2, 0.25) is 0 Å². The highest BCUT2D eigenvalue weighted by molar-refractivity contribution is 9.11. The molecule has 2 aromatic rings. The summed E-state index contributed by atoms with van der Waals surface area (Å²) in [7, 11) is 0. The van der Waals surface area contributed by atoms with E-state index in [1.807, 2.05) is 4.98 Å². The van der Waals surface area contributed by atoms with Crippen molar-refractivity contribution < 1.29 is 9.90 Å². The molecular weight excluding hydrogens is 436 g/mol. The van der Waals surface area contributed by atoms with Gasteiger partial charge in [-0.05, 0) is 28.1 Å². The van der Waals surface area contributed by atoms with E-state index in [2.05, 4.69) is 47.4 Å². The monoisotopic (exact) mass is 444 g/mol. The number of nitrogens with zero attached hydrogens (tertiary/aromatic N) is 1. The molecule has 120 valence electrons. The summed E-state index contributed by atoms with van der Waals surface area (Å²) in [6.45, 7) is 0. The number of hydrazone groups is 1. The van der Waals surface area contributed by atoms with Gasteiger partial charge in [0.1, 0.15) is 5.75 Å². The van der Waals surface area contributed by atoms with E-state index < -0.39 is 17.2 Å². The minimum absolute atomic E-state index is 0.0230. The van der Waals surface area contributed by atoms with Gasteiger partial charge in [-0.15, -0.1) is 0 Å². The zero-order chi connectivity index (χ0) is 17.0. The maximum absolute atomic E-state index is 11.7. The zero-order valence-electron chi connectivity index (χ0n) is 11.4. The molecule has 1 heterocycles. The van der Waals surface area contributed by atoms with Gasteiger partial charge in [-0.3, -0.25) is 14.6 Å². The average molecular weight is 446 g/mol. The van der Waals surface area contributed by atoms with E-state index in [4.69, 9.17) is 0 Å². The van der Waals surface area contributed by atoms with E-state index in [9.17, 15) is 19.5 Å². The number of carbonyl (C=O) groups is 1. The van der Waals surface area contributed by atoms with E-state index in [0.717, 1.165) is 10.5 Å². The molecule has 1 aromatic carbocycles. The first kappa shape index (κ1) is 17.2. The topological polar surface area (TPSA) is 127 Å². The van der Waals surface area contributed by atoms with Gasteiger partial charge >= 0.3 is 5.69 Å². The number of aromatic nitrogens is 2. The maximum atomic E-state index is 11.7. The second-order valence-corrected chi connectivity index (χ2v) is 6.18. The Kier molecular flexibility index (Phi) is 5.50. The third-order valence-corrected chi connectivity index (χ3v) is 3.68. The largest absolute Gasteiger partial charge is 0.506 e. The quantitative estimate of drug-likeness (QED) is 0.413. The van der Waals surface area contributed by atoms with Crippen LogP contribution in [0.4, 0.5) is 0 Å². The number of amides is 1. The number of hydrogen-bond acceptors (Lipinski definition) is 5. The Morgan fingerprint density at radius 3 is 2.70 bits per heavy atom. The van der Waals surface area contributed by atoms with Gasteiger partial charge in [0.25, 0.3) is 5.56 Å². The van der Waals surface area contributed by atoms with Crippen molar-refractivity contribution in [2.24, 2.45) is 5.10 Å². The summed E-state index contributed by atoms with van der Waals surface area (Å²) in [6, 6.07) is 4.39. The second kappa shape index (κ2) is 7.38. The molecule has 1 amide bonds. The summed E-state index contributed by atoms with van der Waals surface area (Å²) < 4.78 is 1.19. The molecule has 2 rings (SSSR count). The average Bonchev–Trinajstić information content (AvgIpc) is 2.42. The fraction of sp³-hybridized carbons (Fsp3) is 0.0769. The normalized spacial score (nSPS) is 10.9. The standard InChI is InChI=1S/C13H10Br2N4O4/c14-7-1-6(12(22)9(15)2-7)5-16-19-11(21)4-8-3-10(20)18-13(23)17-8/h1-3,5,22H,4H2,(H,19,21)(H2,17,18,20,23)/b16-5+. The van der Waals surface area contributed by atoms with Crippen molar-refractivity contribution in [2.75, 3.05) is 0 Å². The van der Waals surface area contributed by atoms with Gasteiger partial charge in [0.2, 0.25) is 5.91 Å². The summed E-state index contributed by atoms with van der Waals surface area (Å²) >= 11 is 6.45. The van der Waals surface area contributed by atoms with Crippen LogP contribution in [0.5, 0.6) is 5.75 Å². The van der Waals surface area contributed by atoms with Crippen LogP contribution in [0.1, 0.15) is 11.3 Å². The molecule has 0 aliphatic rings. The summed E-state index contributed by atoms with van der Waals surface area (Å²) in [4.78, 5) is 38.2. The van der Waals surface area contributed by atoms with Gasteiger partial charge in [0.05, 0.1) is 17.1 Å². The van der Waals surface area contributed by atoms with Crippen LogP contribution in [0.25, 0.3) is 0 Å². The lowest BCUT2D eigenvalue weighted by molar-refractivity contribution is -0.120. The molecule has 23 heavy (non-hydrogen) atoms. The lowest BCUT2D eigenvalue weighted by atomic mass is 10.2. The second-order valence-electron chi connectivity index (χ2n) is 4.41. The Hall–Kier alpha value is -2.20. The lowest BCUT2D eigenvalue weighted by Crippen LogP contribution is -2.26. The molecular formula is C13H10Br2N4O4. The number of halogens is 2. The molecule has 1 aromatic heterocycles. The van der Waals surface area contributed by atoms with Crippen molar-refractivity contribution in [2.45, 2.75) is 6.42 Å². The van der Waals surface area contributed by atoms with Crippen molar-refractivity contribution in [3.05, 3.63) is 59.2 Å². The van der Waals surface area contributed by atoms with Crippen LogP contribution in [-0.4, -0.2) is 27.2 Å². The SMILES string of the molecule is O=C(Cc1cc(=O)[nH]c(=O)[nH]1)N/N=C/c1cc(Br)cc(Br)c1O. The van der Waals surface area contributed by atoms with E-state index >= 15 is 0 Å². The van der Waals surface area contributed by atoms with Crippen LogP contribution in [0.15, 0.2) is 41.8 Å². The smallest absolute Gasteiger partial charge is 0.325 e. The molecule has 0 spiro atoms. The molecule has 0 saturated carbocycles. The molecule has 0 unspecified atom stereocenters. The number of H-pyrrole nitrogens is 2. The Morgan fingerprint density at radius 2 is 2.00 bits per heavy atom. The van der Waals surface area contributed by atoms with Gasteiger partial charge in [0.15, 0.2) is 0 Å². The van der Waals surface area contributed by atoms with Gasteiger partial charge in [0, 0.05) is 21.8 Å². The highest BCUT2D eigenvalue weighted by atomic mass is 79.9. The third kappa shape index (κ3) is 4.89. The van der Waals surface area contributed by atoms with E-state index in [0.29, 0.717) is 10.0 Å². The molecule has 0 aliphatic carbocycles. The summed E-state index contributed by atoms with van der Waals surface area (Å²) in [5.41, 5.74) is 1.51. The molecule has 0 atom stereocenters. The third-order valence-electron chi connectivity index (χ3n) is 2.62. The highest BCUT2D eigenvalue weighted by Gasteiger charge is 2.07. The zero-order valence-corrected chi connectivity index (χ0v) is 14.6. The van der Waals surface area contributed by atoms with Crippen LogP contribution in [0.3, 0.4) is 0 Å². The fourth-order valence-corrected chi connectivity index (χ4v) is 2.94. The van der Waals surface area contributed by atoms with Crippen LogP contribution in [0, 0.1) is 0 Å². The van der Waals surface area contributed by atoms with Gasteiger partial charge in [-0.1, -0.05) is 15.9 Å². The number of nitrogens with one attached hydrogen (secondary N) is 3. The maximum Gasteiger partial charge on any atom is 0.325 e. The molecule has 0 aliphatic heterocycles. The number of benzene rings is 1. The van der Waals surface area contributed by atoms with E-state index in [1.165, 1.54) is 6.21 Å².